The van der Waals surface area contributed by atoms with E-state index < -0.39 is 0 Å². The molecule has 34 heavy (non-hydrogen) atoms. The molecule has 0 unspecified atom stereocenters. The molecule has 9 nitrogen and oxygen atoms in total. The zero-order valence-corrected chi connectivity index (χ0v) is 19.9. The van der Waals surface area contributed by atoms with E-state index in [0.29, 0.717) is 22.3 Å². The summed E-state index contributed by atoms with van der Waals surface area (Å²) in [7, 11) is 1.54. The zero-order valence-electron chi connectivity index (χ0n) is 19.1. The first-order valence-electron chi connectivity index (χ1n) is 10.4. The Morgan fingerprint density at radius 2 is 1.74 bits per heavy atom. The Kier molecular flexibility index (Phi) is 8.98. The molecule has 3 rings (SSSR count). The summed E-state index contributed by atoms with van der Waals surface area (Å²) in [4.78, 5) is 32.7. The van der Waals surface area contributed by atoms with Crippen molar-refractivity contribution in [1.29, 1.82) is 0 Å². The van der Waals surface area contributed by atoms with Gasteiger partial charge in [0.2, 0.25) is 0 Å². The van der Waals surface area contributed by atoms with E-state index in [1.807, 2.05) is 26.0 Å². The number of aryl methyl sites for hydroxylation is 2. The standard InChI is InChI=1S/C24H25N5O4S/c1-16-12-17(2)27-24(26-16)34-15-23(31)29-25-13-18-8-10-19(11-9-18)33-14-22(30)28-20-6-4-5-7-21(20)32-3/h4-13H,14-15H2,1-3H3,(H,28,30)(H,29,31). The predicted octanol–water partition coefficient (Wildman–Crippen LogP) is 3.36. The van der Waals surface area contributed by atoms with Gasteiger partial charge < -0.3 is 14.8 Å². The number of hydrogen-bond donors (Lipinski definition) is 2. The summed E-state index contributed by atoms with van der Waals surface area (Å²) in [5.41, 5.74) is 5.53. The highest BCUT2D eigenvalue weighted by Gasteiger charge is 2.08. The van der Waals surface area contributed by atoms with E-state index in [1.54, 1.807) is 42.5 Å². The molecule has 3 aromatic rings. The second-order valence-corrected chi connectivity index (χ2v) is 8.06. The molecular formula is C24H25N5O4S. The molecule has 176 valence electrons. The molecule has 0 saturated carbocycles. The van der Waals surface area contributed by atoms with Gasteiger partial charge >= 0.3 is 0 Å². The maximum atomic E-state index is 12.1. The van der Waals surface area contributed by atoms with E-state index >= 15 is 0 Å². The number of benzene rings is 2. The maximum Gasteiger partial charge on any atom is 0.262 e. The van der Waals surface area contributed by atoms with Crippen molar-refractivity contribution in [3.63, 3.8) is 0 Å². The minimum atomic E-state index is -0.304. The average molecular weight is 480 g/mol. The highest BCUT2D eigenvalue weighted by Crippen LogP contribution is 2.23. The molecule has 0 fully saturated rings. The van der Waals surface area contributed by atoms with Gasteiger partial charge in [0.15, 0.2) is 11.8 Å². The number of para-hydroxylation sites is 2. The van der Waals surface area contributed by atoms with Crippen LogP contribution in [0.1, 0.15) is 17.0 Å². The number of rotatable bonds is 10. The number of nitrogens with one attached hydrogen (secondary N) is 2. The first-order valence-corrected chi connectivity index (χ1v) is 11.3. The predicted molar refractivity (Wildman–Crippen MR) is 132 cm³/mol. The molecule has 1 heterocycles. The summed E-state index contributed by atoms with van der Waals surface area (Å²) in [6.45, 7) is 3.62. The highest BCUT2D eigenvalue weighted by molar-refractivity contribution is 7.99. The number of ether oxygens (including phenoxy) is 2. The van der Waals surface area contributed by atoms with Crippen LogP contribution in [-0.2, 0) is 9.59 Å². The molecule has 0 aliphatic heterocycles. The molecule has 0 aliphatic carbocycles. The number of carbonyl (C=O) groups is 2. The number of nitrogens with zero attached hydrogens (tertiary/aromatic N) is 3. The number of hydrazone groups is 1. The van der Waals surface area contributed by atoms with Crippen molar-refractivity contribution in [1.82, 2.24) is 15.4 Å². The van der Waals surface area contributed by atoms with Gasteiger partial charge in [-0.3, -0.25) is 9.59 Å². The largest absolute Gasteiger partial charge is 0.495 e. The van der Waals surface area contributed by atoms with Crippen molar-refractivity contribution >= 4 is 35.5 Å². The first-order chi connectivity index (χ1) is 16.4. The molecule has 2 aromatic carbocycles. The Labute approximate surface area is 202 Å². The smallest absolute Gasteiger partial charge is 0.262 e. The van der Waals surface area contributed by atoms with E-state index in [-0.39, 0.29) is 24.2 Å². The van der Waals surface area contributed by atoms with E-state index in [9.17, 15) is 9.59 Å². The Hall–Kier alpha value is -3.92. The molecule has 10 heteroatoms. The molecule has 0 saturated heterocycles. The lowest BCUT2D eigenvalue weighted by atomic mass is 10.2. The fourth-order valence-electron chi connectivity index (χ4n) is 2.83. The number of anilines is 1. The van der Waals surface area contributed by atoms with Gasteiger partial charge in [0.25, 0.3) is 11.8 Å². The van der Waals surface area contributed by atoms with Gasteiger partial charge in [0, 0.05) is 11.4 Å². The van der Waals surface area contributed by atoms with Crippen molar-refractivity contribution in [3.8, 4) is 11.5 Å². The molecule has 1 aromatic heterocycles. The van der Waals surface area contributed by atoms with Crippen LogP contribution in [0.2, 0.25) is 0 Å². The molecule has 0 radical (unpaired) electrons. The lowest BCUT2D eigenvalue weighted by Gasteiger charge is -2.10. The van der Waals surface area contributed by atoms with Crippen LogP contribution in [0, 0.1) is 13.8 Å². The van der Waals surface area contributed by atoms with Crippen LogP contribution < -0.4 is 20.2 Å². The summed E-state index contributed by atoms with van der Waals surface area (Å²) < 4.78 is 10.7. The zero-order chi connectivity index (χ0) is 24.3. The molecule has 2 N–H and O–H groups in total. The SMILES string of the molecule is COc1ccccc1NC(=O)COc1ccc(C=NNC(=O)CSc2nc(C)cc(C)n2)cc1. The summed E-state index contributed by atoms with van der Waals surface area (Å²) in [6.07, 6.45) is 1.52. The molecule has 0 bridgehead atoms. The normalized spacial score (nSPS) is 10.7. The Bertz CT molecular complexity index is 1150. The Morgan fingerprint density at radius 3 is 2.44 bits per heavy atom. The van der Waals surface area contributed by atoms with Crippen LogP contribution in [0.4, 0.5) is 5.69 Å². The third-order valence-electron chi connectivity index (χ3n) is 4.33. The van der Waals surface area contributed by atoms with Gasteiger partial charge in [-0.2, -0.15) is 5.10 Å². The summed E-state index contributed by atoms with van der Waals surface area (Å²) >= 11 is 1.25. The van der Waals surface area contributed by atoms with E-state index in [1.165, 1.54) is 25.1 Å². The molecular weight excluding hydrogens is 454 g/mol. The minimum Gasteiger partial charge on any atom is -0.495 e. The van der Waals surface area contributed by atoms with E-state index in [2.05, 4.69) is 25.8 Å². The number of aromatic nitrogens is 2. The molecule has 0 aliphatic rings. The minimum absolute atomic E-state index is 0.149. The Morgan fingerprint density at radius 1 is 1.03 bits per heavy atom. The highest BCUT2D eigenvalue weighted by atomic mass is 32.2. The summed E-state index contributed by atoms with van der Waals surface area (Å²) in [5, 5.41) is 7.27. The van der Waals surface area contributed by atoms with Gasteiger partial charge in [-0.05, 0) is 61.9 Å². The first kappa shape index (κ1) is 24.7. The van der Waals surface area contributed by atoms with Gasteiger partial charge in [-0.25, -0.2) is 15.4 Å². The lowest BCUT2D eigenvalue weighted by molar-refractivity contribution is -0.119. The number of carbonyl (C=O) groups excluding carboxylic acids is 2. The number of methoxy groups -OCH3 is 1. The number of thioether (sulfide) groups is 1. The summed E-state index contributed by atoms with van der Waals surface area (Å²) in [6, 6.07) is 16.0. The quantitative estimate of drug-likeness (QED) is 0.198. The molecule has 0 spiro atoms. The van der Waals surface area contributed by atoms with Crippen molar-refractivity contribution in [2.45, 2.75) is 19.0 Å². The molecule has 0 atom stereocenters. The second-order valence-electron chi connectivity index (χ2n) is 7.12. The number of hydrogen-bond acceptors (Lipinski definition) is 8. The van der Waals surface area contributed by atoms with Crippen molar-refractivity contribution in [2.75, 3.05) is 24.8 Å². The van der Waals surface area contributed by atoms with Crippen LogP contribution in [0.5, 0.6) is 11.5 Å². The topological polar surface area (TPSA) is 115 Å². The van der Waals surface area contributed by atoms with Gasteiger partial charge in [-0.15, -0.1) is 0 Å². The second kappa shape index (κ2) is 12.4. The third-order valence-corrected chi connectivity index (χ3v) is 5.18. The Balaban J connectivity index is 1.41. The van der Waals surface area contributed by atoms with Gasteiger partial charge in [0.1, 0.15) is 11.5 Å². The maximum absolute atomic E-state index is 12.1. The van der Waals surface area contributed by atoms with Crippen LogP contribution in [0.15, 0.2) is 64.9 Å². The lowest BCUT2D eigenvalue weighted by Crippen LogP contribution is -2.20. The third kappa shape index (κ3) is 7.89. The average Bonchev–Trinajstić information content (AvgIpc) is 2.82. The molecule has 2 amide bonds. The van der Waals surface area contributed by atoms with Crippen molar-refractivity contribution < 1.29 is 19.1 Å². The van der Waals surface area contributed by atoms with Crippen molar-refractivity contribution in [3.05, 3.63) is 71.5 Å². The summed E-state index contributed by atoms with van der Waals surface area (Å²) in [5.74, 6) is 0.696. The van der Waals surface area contributed by atoms with Crippen LogP contribution in [0.25, 0.3) is 0 Å². The van der Waals surface area contributed by atoms with Crippen LogP contribution in [0.3, 0.4) is 0 Å². The van der Waals surface area contributed by atoms with Gasteiger partial charge in [-0.1, -0.05) is 23.9 Å². The number of amides is 2. The van der Waals surface area contributed by atoms with E-state index in [4.69, 9.17) is 9.47 Å². The van der Waals surface area contributed by atoms with Crippen LogP contribution in [-0.4, -0.2) is 47.5 Å². The van der Waals surface area contributed by atoms with Crippen LogP contribution >= 0.6 is 11.8 Å². The van der Waals surface area contributed by atoms with E-state index in [0.717, 1.165) is 17.0 Å². The van der Waals surface area contributed by atoms with Gasteiger partial charge in [0.05, 0.1) is 24.8 Å². The van der Waals surface area contributed by atoms with Crippen molar-refractivity contribution in [2.24, 2.45) is 5.10 Å². The monoisotopic (exact) mass is 479 g/mol. The fraction of sp³-hybridized carbons (Fsp3) is 0.208. The fourth-order valence-corrected chi connectivity index (χ4v) is 3.57.